The molecule has 47 heavy (non-hydrogen) atoms. The first-order valence-electron chi connectivity index (χ1n) is 16.2. The van der Waals surface area contributed by atoms with Gasteiger partial charge in [0.25, 0.3) is 0 Å². The maximum atomic E-state index is 6.80. The van der Waals surface area contributed by atoms with Crippen LogP contribution in [0.1, 0.15) is 0 Å². The van der Waals surface area contributed by atoms with Crippen molar-refractivity contribution in [3.05, 3.63) is 170 Å². The molecule has 0 fully saturated rings. The molecule has 0 atom stereocenters. The van der Waals surface area contributed by atoms with Crippen LogP contribution in [0, 0.1) is 0 Å². The lowest BCUT2D eigenvalue weighted by Gasteiger charge is -2.24. The van der Waals surface area contributed by atoms with Gasteiger partial charge in [-0.05, 0) is 95.3 Å². The van der Waals surface area contributed by atoms with E-state index in [9.17, 15) is 0 Å². The molecular weight excluding hydrogens is 569 g/mol. The molecule has 1 aliphatic rings. The summed E-state index contributed by atoms with van der Waals surface area (Å²) in [6.07, 6.45) is 0. The van der Waals surface area contributed by atoms with Crippen LogP contribution >= 0.6 is 0 Å². The fraction of sp³-hybridized carbons (Fsp3) is 0. The van der Waals surface area contributed by atoms with Gasteiger partial charge in [0.05, 0.1) is 0 Å². The van der Waals surface area contributed by atoms with Gasteiger partial charge >= 0.3 is 0 Å². The molecule has 10 rings (SSSR count). The maximum Gasteiger partial charge on any atom is 0.143 e. The molecule has 218 valence electrons. The first-order chi connectivity index (χ1) is 23.3. The highest BCUT2D eigenvalue weighted by Crippen LogP contribution is 2.51. The Morgan fingerprint density at radius 3 is 1.89 bits per heavy atom. The van der Waals surface area contributed by atoms with E-state index in [1.54, 1.807) is 0 Å². The summed E-state index contributed by atoms with van der Waals surface area (Å²) in [5, 5.41) is 9.98. The van der Waals surface area contributed by atoms with Crippen LogP contribution in [0.25, 0.3) is 87.6 Å². The molecule has 1 nitrogen and oxygen atoms in total. The van der Waals surface area contributed by atoms with E-state index in [0.29, 0.717) is 0 Å². The first kappa shape index (κ1) is 26.1. The Hall–Kier alpha value is -6.18. The summed E-state index contributed by atoms with van der Waals surface area (Å²) in [5.41, 5.74) is 9.46. The highest BCUT2D eigenvalue weighted by atomic mass is 16.5. The molecule has 0 spiro atoms. The minimum absolute atomic E-state index is 0.892. The summed E-state index contributed by atoms with van der Waals surface area (Å²) in [6.45, 7) is 0. The summed E-state index contributed by atoms with van der Waals surface area (Å²) in [4.78, 5) is 0. The van der Waals surface area contributed by atoms with Crippen molar-refractivity contribution < 1.29 is 4.74 Å². The zero-order chi connectivity index (χ0) is 30.9. The van der Waals surface area contributed by atoms with Crippen molar-refractivity contribution in [1.29, 1.82) is 0 Å². The van der Waals surface area contributed by atoms with Crippen LogP contribution in [0.3, 0.4) is 0 Å². The summed E-state index contributed by atoms with van der Waals surface area (Å²) in [5.74, 6) is 1.82. The fourth-order valence-corrected chi connectivity index (χ4v) is 7.60. The maximum absolute atomic E-state index is 6.80. The van der Waals surface area contributed by atoms with E-state index in [-0.39, 0.29) is 0 Å². The third-order valence-electron chi connectivity index (χ3n) is 9.84. The molecule has 0 unspecified atom stereocenters. The lowest BCUT2D eigenvalue weighted by atomic mass is 9.88. The minimum atomic E-state index is 0.892. The van der Waals surface area contributed by atoms with Crippen molar-refractivity contribution in [3.63, 3.8) is 0 Å². The van der Waals surface area contributed by atoms with Crippen LogP contribution in [0.5, 0.6) is 11.5 Å². The van der Waals surface area contributed by atoms with Crippen LogP contribution in [0.15, 0.2) is 170 Å². The molecule has 0 aromatic heterocycles. The molecule has 0 aliphatic carbocycles. The van der Waals surface area contributed by atoms with Gasteiger partial charge < -0.3 is 4.74 Å². The number of fused-ring (bicyclic) bond motifs is 6. The van der Waals surface area contributed by atoms with Gasteiger partial charge in [0.1, 0.15) is 11.5 Å². The van der Waals surface area contributed by atoms with Gasteiger partial charge in [0.2, 0.25) is 0 Å². The molecule has 9 aromatic rings. The third kappa shape index (κ3) is 4.03. The van der Waals surface area contributed by atoms with Gasteiger partial charge in [-0.2, -0.15) is 0 Å². The molecule has 0 amide bonds. The second kappa shape index (κ2) is 10.2. The van der Waals surface area contributed by atoms with E-state index in [2.05, 4.69) is 170 Å². The van der Waals surface area contributed by atoms with Crippen molar-refractivity contribution in [3.8, 4) is 56.0 Å². The van der Waals surface area contributed by atoms with E-state index < -0.39 is 0 Å². The van der Waals surface area contributed by atoms with Gasteiger partial charge in [0, 0.05) is 16.5 Å². The average Bonchev–Trinajstić information content (AvgIpc) is 3.14. The molecule has 1 heterocycles. The molecule has 1 heteroatoms. The second-order valence-corrected chi connectivity index (χ2v) is 12.5. The highest BCUT2D eigenvalue weighted by molar-refractivity contribution is 6.20. The standard InChI is InChI=1S/C46H28O/c1-2-9-29(10-3-1)34-23-26-43-42(27-34)39-16-8-13-32-22-24-38(46(47-43)45(32)39)31-17-19-33(20-18-31)44-37-15-7-5-12-35(37)28-41-36-14-6-4-11-30(36)21-25-40(41)44/h1-28H. The molecule has 0 saturated heterocycles. The Bertz CT molecular complexity index is 2680. The molecule has 0 radical (unpaired) electrons. The van der Waals surface area contributed by atoms with E-state index in [4.69, 9.17) is 4.74 Å². The SMILES string of the molecule is c1ccc(-c2ccc3c(c2)-c2cccc4ccc(-c5ccc(-c6c7ccccc7cc7c6ccc6ccccc67)cc5)c(c24)O3)cc1. The number of rotatable bonds is 3. The molecule has 0 bridgehead atoms. The zero-order valence-electron chi connectivity index (χ0n) is 25.6. The zero-order valence-corrected chi connectivity index (χ0v) is 25.6. The molecule has 9 aromatic carbocycles. The summed E-state index contributed by atoms with van der Waals surface area (Å²) >= 11 is 0. The normalized spacial score (nSPS) is 12.0. The van der Waals surface area contributed by atoms with E-state index in [1.165, 1.54) is 70.9 Å². The Labute approximate surface area is 272 Å². The Morgan fingerprint density at radius 2 is 1.02 bits per heavy atom. The second-order valence-electron chi connectivity index (χ2n) is 12.5. The monoisotopic (exact) mass is 596 g/mol. The molecule has 0 saturated carbocycles. The lowest BCUT2D eigenvalue weighted by molar-refractivity contribution is 0.489. The van der Waals surface area contributed by atoms with Crippen LogP contribution in [0.4, 0.5) is 0 Å². The largest absolute Gasteiger partial charge is 0.455 e. The topological polar surface area (TPSA) is 9.23 Å². The Morgan fingerprint density at radius 1 is 0.319 bits per heavy atom. The van der Waals surface area contributed by atoms with Crippen LogP contribution in [0.2, 0.25) is 0 Å². The summed E-state index contributed by atoms with van der Waals surface area (Å²) in [7, 11) is 0. The van der Waals surface area contributed by atoms with Crippen molar-refractivity contribution in [2.24, 2.45) is 0 Å². The van der Waals surface area contributed by atoms with E-state index in [0.717, 1.165) is 28.2 Å². The minimum Gasteiger partial charge on any atom is -0.455 e. The van der Waals surface area contributed by atoms with Crippen molar-refractivity contribution in [2.75, 3.05) is 0 Å². The number of benzene rings is 9. The quantitative estimate of drug-likeness (QED) is 0.146. The van der Waals surface area contributed by atoms with Gasteiger partial charge in [-0.15, -0.1) is 0 Å². The summed E-state index contributed by atoms with van der Waals surface area (Å²) < 4.78 is 6.80. The smallest absolute Gasteiger partial charge is 0.143 e. The van der Waals surface area contributed by atoms with Gasteiger partial charge in [-0.25, -0.2) is 0 Å². The van der Waals surface area contributed by atoms with Gasteiger partial charge in [-0.3, -0.25) is 0 Å². The van der Waals surface area contributed by atoms with E-state index >= 15 is 0 Å². The lowest BCUT2D eigenvalue weighted by Crippen LogP contribution is -1.99. The van der Waals surface area contributed by atoms with Crippen molar-refractivity contribution in [1.82, 2.24) is 0 Å². The van der Waals surface area contributed by atoms with Crippen LogP contribution < -0.4 is 4.74 Å². The predicted octanol–water partition coefficient (Wildman–Crippen LogP) is 13.1. The number of ether oxygens (including phenoxy) is 1. The van der Waals surface area contributed by atoms with Crippen molar-refractivity contribution in [2.45, 2.75) is 0 Å². The average molecular weight is 597 g/mol. The number of hydrogen-bond acceptors (Lipinski definition) is 1. The Kier molecular flexibility index (Phi) is 5.64. The molecule has 0 N–H and O–H groups in total. The molecule has 1 aliphatic heterocycles. The number of hydrogen-bond donors (Lipinski definition) is 0. The predicted molar refractivity (Wildman–Crippen MR) is 198 cm³/mol. The molecular formula is C46H28O. The summed E-state index contributed by atoms with van der Waals surface area (Å²) in [6, 6.07) is 61.4. The van der Waals surface area contributed by atoms with Gasteiger partial charge in [0.15, 0.2) is 0 Å². The van der Waals surface area contributed by atoms with E-state index in [1.807, 2.05) is 0 Å². The first-order valence-corrected chi connectivity index (χ1v) is 16.2. The third-order valence-corrected chi connectivity index (χ3v) is 9.84. The highest BCUT2D eigenvalue weighted by Gasteiger charge is 2.24. The van der Waals surface area contributed by atoms with Crippen LogP contribution in [-0.2, 0) is 0 Å². The Balaban J connectivity index is 1.13. The van der Waals surface area contributed by atoms with Crippen molar-refractivity contribution >= 4 is 43.1 Å². The van der Waals surface area contributed by atoms with Crippen LogP contribution in [-0.4, -0.2) is 0 Å². The van der Waals surface area contributed by atoms with Gasteiger partial charge in [-0.1, -0.05) is 146 Å². The fourth-order valence-electron chi connectivity index (χ4n) is 7.60.